The minimum Gasteiger partial charge on any atom is -0.481 e. The van der Waals surface area contributed by atoms with Crippen LogP contribution in [0.1, 0.15) is 37.8 Å². The van der Waals surface area contributed by atoms with E-state index in [9.17, 15) is 4.79 Å². The second-order valence-electron chi connectivity index (χ2n) is 5.81. The third-order valence-electron chi connectivity index (χ3n) is 3.95. The summed E-state index contributed by atoms with van der Waals surface area (Å²) in [5.41, 5.74) is 2.15. The molecule has 1 saturated heterocycles. The standard InChI is InChI=1S/C16H23NO2/c1-12(2)15-4-3-9-17(15)11-14-7-5-13(6-8-14)10-16(18)19/h5-8,12,15H,3-4,9-11H2,1-2H3,(H,18,19). The van der Waals surface area contributed by atoms with Crippen LogP contribution in [0.4, 0.5) is 0 Å². The van der Waals surface area contributed by atoms with Crippen molar-refractivity contribution in [3.05, 3.63) is 35.4 Å². The van der Waals surface area contributed by atoms with Crippen molar-refractivity contribution in [2.45, 2.75) is 45.7 Å². The first kappa shape index (κ1) is 14.1. The van der Waals surface area contributed by atoms with E-state index in [0.29, 0.717) is 12.0 Å². The lowest BCUT2D eigenvalue weighted by molar-refractivity contribution is -0.136. The minimum atomic E-state index is -0.771. The number of rotatable bonds is 5. The van der Waals surface area contributed by atoms with Gasteiger partial charge in [-0.05, 0) is 36.4 Å². The number of carboxylic acid groups (broad SMARTS) is 1. The van der Waals surface area contributed by atoms with E-state index in [1.807, 2.05) is 12.1 Å². The highest BCUT2D eigenvalue weighted by Gasteiger charge is 2.26. The molecule has 104 valence electrons. The molecule has 3 nitrogen and oxygen atoms in total. The maximum Gasteiger partial charge on any atom is 0.307 e. The summed E-state index contributed by atoms with van der Waals surface area (Å²) in [6.45, 7) is 6.74. The summed E-state index contributed by atoms with van der Waals surface area (Å²) in [4.78, 5) is 13.2. The van der Waals surface area contributed by atoms with Crippen molar-refractivity contribution in [3.8, 4) is 0 Å². The van der Waals surface area contributed by atoms with Gasteiger partial charge in [0.05, 0.1) is 6.42 Å². The molecular formula is C16H23NO2. The van der Waals surface area contributed by atoms with Gasteiger partial charge in [-0.3, -0.25) is 9.69 Å². The Bertz CT molecular complexity index is 425. The first-order valence-electron chi connectivity index (χ1n) is 7.10. The summed E-state index contributed by atoms with van der Waals surface area (Å²) in [7, 11) is 0. The summed E-state index contributed by atoms with van der Waals surface area (Å²) >= 11 is 0. The molecule has 0 radical (unpaired) electrons. The van der Waals surface area contributed by atoms with Crippen molar-refractivity contribution < 1.29 is 9.90 Å². The molecule has 1 heterocycles. The largest absolute Gasteiger partial charge is 0.481 e. The van der Waals surface area contributed by atoms with Gasteiger partial charge in [0.15, 0.2) is 0 Å². The maximum atomic E-state index is 10.6. The van der Waals surface area contributed by atoms with Gasteiger partial charge in [-0.2, -0.15) is 0 Å². The molecule has 1 fully saturated rings. The van der Waals surface area contributed by atoms with Crippen molar-refractivity contribution in [1.82, 2.24) is 4.90 Å². The molecule has 3 heteroatoms. The molecule has 1 atom stereocenters. The average molecular weight is 261 g/mol. The number of carbonyl (C=O) groups is 1. The fourth-order valence-corrected chi connectivity index (χ4v) is 2.97. The SMILES string of the molecule is CC(C)C1CCCN1Cc1ccc(CC(=O)O)cc1. The van der Waals surface area contributed by atoms with E-state index in [4.69, 9.17) is 5.11 Å². The lowest BCUT2D eigenvalue weighted by atomic mass is 10.0. The molecule has 0 amide bonds. The Morgan fingerprint density at radius 2 is 1.95 bits per heavy atom. The van der Waals surface area contributed by atoms with E-state index in [1.165, 1.54) is 24.9 Å². The van der Waals surface area contributed by atoms with Crippen LogP contribution in [0.25, 0.3) is 0 Å². The molecule has 1 N–H and O–H groups in total. The molecule has 0 saturated carbocycles. The highest BCUT2D eigenvalue weighted by atomic mass is 16.4. The number of nitrogens with zero attached hydrogens (tertiary/aromatic N) is 1. The second kappa shape index (κ2) is 6.20. The molecule has 0 aromatic heterocycles. The van der Waals surface area contributed by atoms with Gasteiger partial charge < -0.3 is 5.11 Å². The monoisotopic (exact) mass is 261 g/mol. The van der Waals surface area contributed by atoms with Crippen LogP contribution in [-0.2, 0) is 17.8 Å². The van der Waals surface area contributed by atoms with Crippen molar-refractivity contribution in [2.24, 2.45) is 5.92 Å². The Balaban J connectivity index is 1.97. The topological polar surface area (TPSA) is 40.5 Å². The quantitative estimate of drug-likeness (QED) is 0.886. The normalized spacial score (nSPS) is 20.1. The van der Waals surface area contributed by atoms with Gasteiger partial charge >= 0.3 is 5.97 Å². The number of likely N-dealkylation sites (tertiary alicyclic amines) is 1. The first-order valence-corrected chi connectivity index (χ1v) is 7.10. The zero-order valence-corrected chi connectivity index (χ0v) is 11.8. The third kappa shape index (κ3) is 3.80. The highest BCUT2D eigenvalue weighted by molar-refractivity contribution is 5.70. The van der Waals surface area contributed by atoms with Gasteiger partial charge in [0.25, 0.3) is 0 Å². The van der Waals surface area contributed by atoms with Crippen LogP contribution in [0, 0.1) is 5.92 Å². The summed E-state index contributed by atoms with van der Waals surface area (Å²) in [6, 6.07) is 8.69. The van der Waals surface area contributed by atoms with Gasteiger partial charge in [-0.15, -0.1) is 0 Å². The summed E-state index contributed by atoms with van der Waals surface area (Å²) < 4.78 is 0. The Kier molecular flexibility index (Phi) is 4.59. The third-order valence-corrected chi connectivity index (χ3v) is 3.95. The van der Waals surface area contributed by atoms with E-state index in [1.54, 1.807) is 0 Å². The molecule has 1 aliphatic heterocycles. The van der Waals surface area contributed by atoms with Gasteiger partial charge in [0, 0.05) is 12.6 Å². The highest BCUT2D eigenvalue weighted by Crippen LogP contribution is 2.25. The summed E-state index contributed by atoms with van der Waals surface area (Å²) in [5.74, 6) is -0.0686. The zero-order valence-electron chi connectivity index (χ0n) is 11.8. The second-order valence-corrected chi connectivity index (χ2v) is 5.81. The van der Waals surface area contributed by atoms with Crippen LogP contribution in [0.3, 0.4) is 0 Å². The maximum absolute atomic E-state index is 10.6. The molecule has 2 rings (SSSR count). The van der Waals surface area contributed by atoms with Gasteiger partial charge in [-0.25, -0.2) is 0 Å². The first-order chi connectivity index (χ1) is 9.06. The lowest BCUT2D eigenvalue weighted by Crippen LogP contribution is -2.32. The predicted molar refractivity (Wildman–Crippen MR) is 76.1 cm³/mol. The van der Waals surface area contributed by atoms with E-state index >= 15 is 0 Å². The van der Waals surface area contributed by atoms with Crippen molar-refractivity contribution in [2.75, 3.05) is 6.54 Å². The number of benzene rings is 1. The molecule has 0 bridgehead atoms. The molecule has 1 unspecified atom stereocenters. The Morgan fingerprint density at radius 3 is 2.53 bits per heavy atom. The molecule has 19 heavy (non-hydrogen) atoms. The number of hydrogen-bond donors (Lipinski definition) is 1. The van der Waals surface area contributed by atoms with Gasteiger partial charge in [0.1, 0.15) is 0 Å². The summed E-state index contributed by atoms with van der Waals surface area (Å²) in [6.07, 6.45) is 2.70. The van der Waals surface area contributed by atoms with E-state index in [-0.39, 0.29) is 6.42 Å². The smallest absolute Gasteiger partial charge is 0.307 e. The van der Waals surface area contributed by atoms with E-state index in [0.717, 1.165) is 12.1 Å². The van der Waals surface area contributed by atoms with Crippen molar-refractivity contribution in [3.63, 3.8) is 0 Å². The molecule has 1 aliphatic rings. The van der Waals surface area contributed by atoms with Crippen LogP contribution < -0.4 is 0 Å². The Hall–Kier alpha value is -1.35. The van der Waals surface area contributed by atoms with Crippen LogP contribution >= 0.6 is 0 Å². The Morgan fingerprint density at radius 1 is 1.32 bits per heavy atom. The van der Waals surface area contributed by atoms with E-state index < -0.39 is 5.97 Å². The van der Waals surface area contributed by atoms with Gasteiger partial charge in [0.2, 0.25) is 0 Å². The molecule has 1 aromatic carbocycles. The van der Waals surface area contributed by atoms with Gasteiger partial charge in [-0.1, -0.05) is 38.1 Å². The van der Waals surface area contributed by atoms with Crippen LogP contribution in [-0.4, -0.2) is 28.6 Å². The lowest BCUT2D eigenvalue weighted by Gasteiger charge is -2.27. The Labute approximate surface area is 115 Å². The number of carboxylic acids is 1. The number of hydrogen-bond acceptors (Lipinski definition) is 2. The van der Waals surface area contributed by atoms with E-state index in [2.05, 4.69) is 30.9 Å². The average Bonchev–Trinajstić information content (AvgIpc) is 2.79. The molecule has 0 spiro atoms. The zero-order chi connectivity index (χ0) is 13.8. The minimum absolute atomic E-state index is 0.110. The molecule has 0 aliphatic carbocycles. The van der Waals surface area contributed by atoms with Crippen LogP contribution in [0.2, 0.25) is 0 Å². The van der Waals surface area contributed by atoms with Crippen molar-refractivity contribution in [1.29, 1.82) is 0 Å². The fourth-order valence-electron chi connectivity index (χ4n) is 2.97. The molecular weight excluding hydrogens is 238 g/mol. The number of aliphatic carboxylic acids is 1. The summed E-state index contributed by atoms with van der Waals surface area (Å²) in [5, 5.41) is 8.75. The predicted octanol–water partition coefficient (Wildman–Crippen LogP) is 2.93. The van der Waals surface area contributed by atoms with Crippen LogP contribution in [0.5, 0.6) is 0 Å². The van der Waals surface area contributed by atoms with Crippen LogP contribution in [0.15, 0.2) is 24.3 Å². The molecule has 1 aromatic rings. The van der Waals surface area contributed by atoms with Crippen molar-refractivity contribution >= 4 is 5.97 Å². The fraction of sp³-hybridized carbons (Fsp3) is 0.562.